The van der Waals surface area contributed by atoms with Crippen molar-refractivity contribution in [3.8, 4) is 22.2 Å². The molecule has 0 aliphatic rings. The van der Waals surface area contributed by atoms with Gasteiger partial charge < -0.3 is 14.6 Å². The van der Waals surface area contributed by atoms with Gasteiger partial charge in [0.1, 0.15) is 23.2 Å². The predicted molar refractivity (Wildman–Crippen MR) is 147 cm³/mol. The number of ether oxygens (including phenoxy) is 2. The molecular weight excluding hydrogens is 543 g/mol. The van der Waals surface area contributed by atoms with Crippen LogP contribution in [0.3, 0.4) is 0 Å². The molecule has 0 fully saturated rings. The fourth-order valence-corrected chi connectivity index (χ4v) is 6.14. The van der Waals surface area contributed by atoms with Crippen LogP contribution in [0, 0.1) is 12.7 Å². The second kappa shape index (κ2) is 10.8. The summed E-state index contributed by atoms with van der Waals surface area (Å²) in [7, 11) is -2.26. The first-order chi connectivity index (χ1) is 18.6. The van der Waals surface area contributed by atoms with Gasteiger partial charge in [-0.15, -0.1) is 11.3 Å². The molecule has 0 amide bonds. The number of methoxy groups -OCH3 is 1. The Hall–Kier alpha value is -3.71. The minimum atomic E-state index is -3.78. The number of aliphatic hydroxyl groups is 1. The van der Waals surface area contributed by atoms with Gasteiger partial charge in [0.25, 0.3) is 0 Å². The Balaban J connectivity index is 1.38. The molecule has 1 unspecified atom stereocenters. The van der Waals surface area contributed by atoms with Crippen LogP contribution in [0.5, 0.6) is 11.6 Å². The van der Waals surface area contributed by atoms with Gasteiger partial charge in [-0.3, -0.25) is 0 Å². The number of thiazole rings is 1. The first-order valence-corrected chi connectivity index (χ1v) is 14.3. The third-order valence-electron chi connectivity index (χ3n) is 6.01. The number of hydrogen-bond donors (Lipinski definition) is 2. The zero-order chi connectivity index (χ0) is 27.7. The van der Waals surface area contributed by atoms with Gasteiger partial charge in [0, 0.05) is 12.1 Å². The molecule has 5 rings (SSSR count). The van der Waals surface area contributed by atoms with Gasteiger partial charge in [0.15, 0.2) is 0 Å². The Morgan fingerprint density at radius 2 is 1.87 bits per heavy atom. The van der Waals surface area contributed by atoms with Crippen molar-refractivity contribution in [2.24, 2.45) is 0 Å². The topological polar surface area (TPSA) is 124 Å². The summed E-state index contributed by atoms with van der Waals surface area (Å²) in [5.74, 6) is 0.438. The second-order valence-electron chi connectivity index (χ2n) is 8.83. The number of aryl methyl sites for hydroxylation is 1. The Morgan fingerprint density at radius 1 is 1.10 bits per heavy atom. The molecule has 12 heteroatoms. The highest BCUT2D eigenvalue weighted by molar-refractivity contribution is 7.89. The first kappa shape index (κ1) is 26.9. The van der Waals surface area contributed by atoms with E-state index in [4.69, 9.17) is 14.5 Å². The maximum atomic E-state index is 13.1. The average Bonchev–Trinajstić information content (AvgIpc) is 3.35. The largest absolute Gasteiger partial charge is 0.492 e. The van der Waals surface area contributed by atoms with E-state index in [1.54, 1.807) is 19.2 Å². The summed E-state index contributed by atoms with van der Waals surface area (Å²) in [6.45, 7) is 3.73. The van der Waals surface area contributed by atoms with Gasteiger partial charge >= 0.3 is 0 Å². The van der Waals surface area contributed by atoms with E-state index in [9.17, 15) is 17.9 Å². The number of fused-ring (bicyclic) bond motifs is 2. The van der Waals surface area contributed by atoms with E-state index in [1.807, 2.05) is 25.1 Å². The highest BCUT2D eigenvalue weighted by Gasteiger charge is 2.18. The van der Waals surface area contributed by atoms with Crippen molar-refractivity contribution in [1.82, 2.24) is 19.7 Å². The zero-order valence-electron chi connectivity index (χ0n) is 21.3. The summed E-state index contributed by atoms with van der Waals surface area (Å²) in [6, 6.07) is 12.0. The highest BCUT2D eigenvalue weighted by atomic mass is 32.2. The second-order valence-corrected chi connectivity index (χ2v) is 11.6. The fourth-order valence-electron chi connectivity index (χ4n) is 4.04. The molecule has 0 aliphatic carbocycles. The molecule has 39 heavy (non-hydrogen) atoms. The van der Waals surface area contributed by atoms with Gasteiger partial charge in [0.2, 0.25) is 15.9 Å². The molecule has 0 aliphatic heterocycles. The molecule has 2 aromatic heterocycles. The van der Waals surface area contributed by atoms with Crippen LogP contribution in [-0.2, 0) is 10.0 Å². The monoisotopic (exact) mass is 568 g/mol. The van der Waals surface area contributed by atoms with Gasteiger partial charge in [0.05, 0.1) is 45.6 Å². The van der Waals surface area contributed by atoms with E-state index < -0.39 is 21.9 Å². The molecule has 2 N–H and O–H groups in total. The normalized spacial score (nSPS) is 12.6. The third kappa shape index (κ3) is 5.69. The molecule has 1 atom stereocenters. The van der Waals surface area contributed by atoms with Crippen LogP contribution < -0.4 is 14.2 Å². The lowest BCUT2D eigenvalue weighted by atomic mass is 10.0. The van der Waals surface area contributed by atoms with Crippen molar-refractivity contribution in [1.29, 1.82) is 0 Å². The summed E-state index contributed by atoms with van der Waals surface area (Å²) in [4.78, 5) is 13.8. The van der Waals surface area contributed by atoms with Crippen LogP contribution in [0.2, 0.25) is 0 Å². The maximum absolute atomic E-state index is 13.1. The Morgan fingerprint density at radius 3 is 2.59 bits per heavy atom. The Labute approximate surface area is 228 Å². The summed E-state index contributed by atoms with van der Waals surface area (Å²) in [5.41, 5.74) is 4.35. The van der Waals surface area contributed by atoms with E-state index in [0.29, 0.717) is 33.2 Å². The molecule has 3 aromatic carbocycles. The van der Waals surface area contributed by atoms with Gasteiger partial charge in [-0.25, -0.2) is 32.5 Å². The number of benzene rings is 3. The van der Waals surface area contributed by atoms with Crippen molar-refractivity contribution in [2.75, 3.05) is 20.3 Å². The van der Waals surface area contributed by atoms with Crippen LogP contribution in [-0.4, -0.2) is 48.7 Å². The number of aliphatic hydroxyl groups excluding tert-OH is 1. The quantitative estimate of drug-likeness (QED) is 0.244. The summed E-state index contributed by atoms with van der Waals surface area (Å²) < 4.78 is 52.3. The Kier molecular flexibility index (Phi) is 7.45. The van der Waals surface area contributed by atoms with Crippen molar-refractivity contribution >= 4 is 42.6 Å². The van der Waals surface area contributed by atoms with Crippen LogP contribution in [0.1, 0.15) is 24.2 Å². The number of aromatic nitrogens is 3. The first-order valence-electron chi connectivity index (χ1n) is 12.0. The molecule has 5 aromatic rings. The van der Waals surface area contributed by atoms with Gasteiger partial charge in [-0.05, 0) is 73.5 Å². The number of hydrogen-bond acceptors (Lipinski definition) is 9. The number of rotatable bonds is 9. The van der Waals surface area contributed by atoms with E-state index in [2.05, 4.69) is 14.7 Å². The lowest BCUT2D eigenvalue weighted by Gasteiger charge is -2.10. The van der Waals surface area contributed by atoms with Crippen molar-refractivity contribution in [3.63, 3.8) is 0 Å². The molecule has 0 saturated carbocycles. The minimum absolute atomic E-state index is 0.0197. The number of nitrogens with zero attached hydrogens (tertiary/aromatic N) is 3. The summed E-state index contributed by atoms with van der Waals surface area (Å²) in [6.07, 6.45) is 0.834. The highest BCUT2D eigenvalue weighted by Crippen LogP contribution is 2.38. The SMILES string of the molecule is COc1cnc2c(-c3nc4c(C)cc(OCCNS(=O)(=O)c5ccc(F)cc5)cc4s3)cc(C(C)O)cc2n1. The average molecular weight is 569 g/mol. The van der Waals surface area contributed by atoms with Crippen LogP contribution in [0.25, 0.3) is 31.8 Å². The third-order valence-corrected chi connectivity index (χ3v) is 8.53. The van der Waals surface area contributed by atoms with Gasteiger partial charge in [-0.2, -0.15) is 0 Å². The van der Waals surface area contributed by atoms with Gasteiger partial charge in [-0.1, -0.05) is 0 Å². The zero-order valence-corrected chi connectivity index (χ0v) is 22.9. The molecule has 9 nitrogen and oxygen atoms in total. The standard InChI is InChI=1S/C27H25FN4O5S2/c1-15-10-19(37-9-8-30-39(34,35)20-6-4-18(28)5-7-20)13-23-25(15)32-27(38-23)21-11-17(16(2)33)12-22-26(21)29-14-24(31-22)36-3/h4-7,10-14,16,30,33H,8-9H2,1-3H3. The lowest BCUT2D eigenvalue weighted by molar-refractivity contribution is 0.199. The molecule has 0 saturated heterocycles. The summed E-state index contributed by atoms with van der Waals surface area (Å²) >= 11 is 1.45. The molecule has 202 valence electrons. The van der Waals surface area contributed by atoms with Crippen molar-refractivity contribution in [2.45, 2.75) is 24.8 Å². The van der Waals surface area contributed by atoms with E-state index in [0.717, 1.165) is 33.5 Å². The number of sulfonamides is 1. The van der Waals surface area contributed by atoms with Crippen molar-refractivity contribution < 1.29 is 27.4 Å². The van der Waals surface area contributed by atoms with E-state index >= 15 is 0 Å². The predicted octanol–water partition coefficient (Wildman–Crippen LogP) is 4.77. The lowest BCUT2D eigenvalue weighted by Crippen LogP contribution is -2.28. The molecular formula is C27H25FN4O5S2. The van der Waals surface area contributed by atoms with E-state index in [1.165, 1.54) is 30.6 Å². The molecule has 2 heterocycles. The van der Waals surface area contributed by atoms with Crippen LogP contribution >= 0.6 is 11.3 Å². The van der Waals surface area contributed by atoms with Crippen LogP contribution in [0.4, 0.5) is 4.39 Å². The summed E-state index contributed by atoms with van der Waals surface area (Å²) in [5, 5.41) is 11.0. The smallest absolute Gasteiger partial charge is 0.240 e. The number of nitrogens with one attached hydrogen (secondary N) is 1. The van der Waals surface area contributed by atoms with Crippen LogP contribution in [0.15, 0.2) is 59.6 Å². The molecule has 0 spiro atoms. The Bertz CT molecular complexity index is 1770. The van der Waals surface area contributed by atoms with E-state index in [-0.39, 0.29) is 18.0 Å². The maximum Gasteiger partial charge on any atom is 0.240 e. The fraction of sp³-hybridized carbons (Fsp3) is 0.222. The minimum Gasteiger partial charge on any atom is -0.492 e. The molecule has 0 radical (unpaired) electrons. The number of halogens is 1. The molecule has 0 bridgehead atoms. The van der Waals surface area contributed by atoms with Crippen molar-refractivity contribution in [3.05, 3.63) is 71.7 Å².